The van der Waals surface area contributed by atoms with Crippen molar-refractivity contribution in [3.63, 3.8) is 0 Å². The number of nitrogen functional groups attached to an aromatic ring is 1. The lowest BCUT2D eigenvalue weighted by Crippen LogP contribution is -2.19. The van der Waals surface area contributed by atoms with Gasteiger partial charge in [0.1, 0.15) is 5.82 Å². The number of hydrogen-bond acceptors (Lipinski definition) is 3. The molecule has 0 radical (unpaired) electrons. The number of nitrogens with zero attached hydrogens (tertiary/aromatic N) is 2. The van der Waals surface area contributed by atoms with Gasteiger partial charge in [-0.2, -0.15) is 0 Å². The van der Waals surface area contributed by atoms with Gasteiger partial charge in [0.25, 0.3) is 0 Å². The van der Waals surface area contributed by atoms with E-state index in [2.05, 4.69) is 16.9 Å². The minimum atomic E-state index is 0.586. The van der Waals surface area contributed by atoms with Crippen LogP contribution in [0, 0.1) is 0 Å². The number of aromatic nitrogens is 1. The van der Waals surface area contributed by atoms with Crippen molar-refractivity contribution in [1.29, 1.82) is 0 Å². The second kappa shape index (κ2) is 2.66. The van der Waals surface area contributed by atoms with Crippen LogP contribution in [0.25, 0.3) is 0 Å². The zero-order chi connectivity index (χ0) is 8.55. The van der Waals surface area contributed by atoms with E-state index in [1.54, 1.807) is 0 Å². The molecule has 1 heterocycles. The molecule has 2 N–H and O–H groups in total. The van der Waals surface area contributed by atoms with Crippen LogP contribution in [0.1, 0.15) is 12.8 Å². The smallest absolute Gasteiger partial charge is 0.123 e. The lowest BCUT2D eigenvalue weighted by molar-refractivity contribution is 0.912. The summed E-state index contributed by atoms with van der Waals surface area (Å²) in [5.41, 5.74) is 6.65. The molecule has 0 bridgehead atoms. The average molecular weight is 163 g/mol. The summed E-state index contributed by atoms with van der Waals surface area (Å²) in [6, 6.07) is 4.59. The van der Waals surface area contributed by atoms with Gasteiger partial charge in [0.2, 0.25) is 0 Å². The van der Waals surface area contributed by atoms with E-state index in [-0.39, 0.29) is 0 Å². The highest BCUT2D eigenvalue weighted by atomic mass is 15.2. The zero-order valence-corrected chi connectivity index (χ0v) is 7.20. The maximum atomic E-state index is 5.49. The highest BCUT2D eigenvalue weighted by Crippen LogP contribution is 2.29. The van der Waals surface area contributed by atoms with Crippen molar-refractivity contribution < 1.29 is 0 Å². The van der Waals surface area contributed by atoms with Crippen molar-refractivity contribution in [3.05, 3.63) is 18.3 Å². The molecule has 0 amide bonds. The fourth-order valence-corrected chi connectivity index (χ4v) is 1.28. The van der Waals surface area contributed by atoms with Crippen LogP contribution in [0.3, 0.4) is 0 Å². The monoisotopic (exact) mass is 163 g/mol. The van der Waals surface area contributed by atoms with Crippen LogP contribution in [-0.4, -0.2) is 18.1 Å². The van der Waals surface area contributed by atoms with Crippen molar-refractivity contribution >= 4 is 11.5 Å². The van der Waals surface area contributed by atoms with E-state index in [9.17, 15) is 0 Å². The number of anilines is 2. The van der Waals surface area contributed by atoms with Gasteiger partial charge >= 0.3 is 0 Å². The fourth-order valence-electron chi connectivity index (χ4n) is 1.28. The van der Waals surface area contributed by atoms with Gasteiger partial charge in [0, 0.05) is 13.1 Å². The van der Waals surface area contributed by atoms with E-state index in [0.29, 0.717) is 5.82 Å². The molecule has 0 aliphatic heterocycles. The van der Waals surface area contributed by atoms with Gasteiger partial charge in [-0.05, 0) is 25.0 Å². The van der Waals surface area contributed by atoms with E-state index in [1.165, 1.54) is 12.8 Å². The van der Waals surface area contributed by atoms with Crippen LogP contribution >= 0.6 is 0 Å². The Morgan fingerprint density at radius 3 is 2.75 bits per heavy atom. The first-order valence-corrected chi connectivity index (χ1v) is 4.22. The third kappa shape index (κ3) is 1.35. The van der Waals surface area contributed by atoms with Crippen LogP contribution in [0.2, 0.25) is 0 Å². The first kappa shape index (κ1) is 7.40. The maximum absolute atomic E-state index is 5.49. The van der Waals surface area contributed by atoms with Gasteiger partial charge in [-0.25, -0.2) is 4.98 Å². The summed E-state index contributed by atoms with van der Waals surface area (Å²) in [7, 11) is 2.10. The van der Waals surface area contributed by atoms with Crippen LogP contribution in [0.15, 0.2) is 18.3 Å². The summed E-state index contributed by atoms with van der Waals surface area (Å²) in [4.78, 5) is 6.30. The Labute approximate surface area is 72.2 Å². The largest absolute Gasteiger partial charge is 0.384 e. The average Bonchev–Trinajstić information content (AvgIpc) is 2.87. The second-order valence-corrected chi connectivity index (χ2v) is 3.28. The van der Waals surface area contributed by atoms with Crippen molar-refractivity contribution in [2.24, 2.45) is 0 Å². The molecule has 12 heavy (non-hydrogen) atoms. The van der Waals surface area contributed by atoms with Gasteiger partial charge in [0.15, 0.2) is 0 Å². The number of nitrogens with two attached hydrogens (primary N) is 1. The molecule has 2 rings (SSSR count). The standard InChI is InChI=1S/C9H13N3/c1-12(7-2-3-7)8-4-5-9(10)11-6-8/h4-7H,2-3H2,1H3,(H2,10,11). The quantitative estimate of drug-likeness (QED) is 0.713. The summed E-state index contributed by atoms with van der Waals surface area (Å²) in [5.74, 6) is 0.586. The third-order valence-corrected chi connectivity index (χ3v) is 2.27. The van der Waals surface area contributed by atoms with Gasteiger partial charge < -0.3 is 10.6 Å². The Hall–Kier alpha value is -1.25. The Balaban J connectivity index is 2.16. The predicted molar refractivity (Wildman–Crippen MR) is 50.1 cm³/mol. The fraction of sp³-hybridized carbons (Fsp3) is 0.444. The molecule has 0 spiro atoms. The third-order valence-electron chi connectivity index (χ3n) is 2.27. The Kier molecular flexibility index (Phi) is 1.64. The molecule has 1 aromatic rings. The lowest BCUT2D eigenvalue weighted by atomic mass is 10.3. The summed E-state index contributed by atoms with van der Waals surface area (Å²) in [6.45, 7) is 0. The molecule has 1 aromatic heterocycles. The molecular formula is C9H13N3. The zero-order valence-electron chi connectivity index (χ0n) is 7.20. The molecule has 1 saturated carbocycles. The minimum absolute atomic E-state index is 0.586. The SMILES string of the molecule is CN(c1ccc(N)nc1)C1CC1. The van der Waals surface area contributed by atoms with Gasteiger partial charge in [-0.15, -0.1) is 0 Å². The summed E-state index contributed by atoms with van der Waals surface area (Å²) >= 11 is 0. The van der Waals surface area contributed by atoms with Gasteiger partial charge in [0.05, 0.1) is 11.9 Å². The van der Waals surface area contributed by atoms with Crippen molar-refractivity contribution in [1.82, 2.24) is 4.98 Å². The van der Waals surface area contributed by atoms with E-state index < -0.39 is 0 Å². The summed E-state index contributed by atoms with van der Waals surface area (Å²) in [5, 5.41) is 0. The van der Waals surface area contributed by atoms with Crippen LogP contribution in [-0.2, 0) is 0 Å². The summed E-state index contributed by atoms with van der Waals surface area (Å²) in [6.07, 6.45) is 4.44. The summed E-state index contributed by atoms with van der Waals surface area (Å²) < 4.78 is 0. The van der Waals surface area contributed by atoms with E-state index in [0.717, 1.165) is 11.7 Å². The number of pyridine rings is 1. The van der Waals surface area contributed by atoms with Crippen LogP contribution in [0.5, 0.6) is 0 Å². The molecule has 0 saturated heterocycles. The topological polar surface area (TPSA) is 42.1 Å². The minimum Gasteiger partial charge on any atom is -0.384 e. The number of rotatable bonds is 2. The molecule has 64 valence electrons. The molecule has 0 aromatic carbocycles. The van der Waals surface area contributed by atoms with Gasteiger partial charge in [-0.1, -0.05) is 0 Å². The highest BCUT2D eigenvalue weighted by Gasteiger charge is 2.26. The first-order valence-electron chi connectivity index (χ1n) is 4.22. The molecule has 3 heteroatoms. The van der Waals surface area contributed by atoms with Gasteiger partial charge in [-0.3, -0.25) is 0 Å². The Morgan fingerprint density at radius 1 is 1.50 bits per heavy atom. The molecule has 0 atom stereocenters. The first-order chi connectivity index (χ1) is 5.77. The van der Waals surface area contributed by atoms with Crippen LogP contribution < -0.4 is 10.6 Å². The molecule has 1 aliphatic rings. The lowest BCUT2D eigenvalue weighted by Gasteiger charge is -2.17. The van der Waals surface area contributed by atoms with Crippen molar-refractivity contribution in [3.8, 4) is 0 Å². The maximum Gasteiger partial charge on any atom is 0.123 e. The van der Waals surface area contributed by atoms with E-state index in [1.807, 2.05) is 18.3 Å². The Bertz CT molecular complexity index is 264. The van der Waals surface area contributed by atoms with Crippen molar-refractivity contribution in [2.75, 3.05) is 17.7 Å². The highest BCUT2D eigenvalue weighted by molar-refractivity contribution is 5.48. The molecular weight excluding hydrogens is 150 g/mol. The predicted octanol–water partition coefficient (Wildman–Crippen LogP) is 1.26. The number of hydrogen-bond donors (Lipinski definition) is 1. The second-order valence-electron chi connectivity index (χ2n) is 3.28. The molecule has 1 fully saturated rings. The molecule has 1 aliphatic carbocycles. The van der Waals surface area contributed by atoms with Crippen molar-refractivity contribution in [2.45, 2.75) is 18.9 Å². The molecule has 0 unspecified atom stereocenters. The van der Waals surface area contributed by atoms with Crippen LogP contribution in [0.4, 0.5) is 11.5 Å². The molecule has 3 nitrogen and oxygen atoms in total. The Morgan fingerprint density at radius 2 is 2.25 bits per heavy atom. The van der Waals surface area contributed by atoms with E-state index in [4.69, 9.17) is 5.73 Å². The van der Waals surface area contributed by atoms with E-state index >= 15 is 0 Å². The normalized spacial score (nSPS) is 16.1.